The molecule has 3 aromatic rings. The Morgan fingerprint density at radius 1 is 1.20 bits per heavy atom. The van der Waals surface area contributed by atoms with Gasteiger partial charge in [0.05, 0.1) is 4.92 Å². The standard InChI is InChI=1S/C18H19N5O2/c1-13-8-17(23(24)25)11-21-18(13)20-10-15-4-3-5-16(9-15)12-22-7-6-19-14(22)2/h3-9,11H,10,12H2,1-2H3,(H,20,21). The molecule has 1 N–H and O–H groups in total. The average molecular weight is 337 g/mol. The van der Waals surface area contributed by atoms with E-state index >= 15 is 0 Å². The van der Waals surface area contributed by atoms with Gasteiger partial charge >= 0.3 is 0 Å². The Bertz CT molecular complexity index is 904. The van der Waals surface area contributed by atoms with Gasteiger partial charge in [-0.3, -0.25) is 10.1 Å². The zero-order valence-corrected chi connectivity index (χ0v) is 14.1. The zero-order valence-electron chi connectivity index (χ0n) is 14.1. The molecule has 25 heavy (non-hydrogen) atoms. The molecular formula is C18H19N5O2. The van der Waals surface area contributed by atoms with Crippen molar-refractivity contribution in [3.63, 3.8) is 0 Å². The van der Waals surface area contributed by atoms with Gasteiger partial charge in [0.1, 0.15) is 17.8 Å². The summed E-state index contributed by atoms with van der Waals surface area (Å²) in [6, 6.07) is 9.80. The van der Waals surface area contributed by atoms with Crippen molar-refractivity contribution >= 4 is 11.5 Å². The Kier molecular flexibility index (Phi) is 4.74. The van der Waals surface area contributed by atoms with Gasteiger partial charge in [0.25, 0.3) is 5.69 Å². The molecule has 0 atom stereocenters. The Morgan fingerprint density at radius 3 is 2.68 bits per heavy atom. The lowest BCUT2D eigenvalue weighted by Gasteiger charge is -2.10. The monoisotopic (exact) mass is 337 g/mol. The quantitative estimate of drug-likeness (QED) is 0.550. The van der Waals surface area contributed by atoms with Gasteiger partial charge in [-0.25, -0.2) is 9.97 Å². The summed E-state index contributed by atoms with van der Waals surface area (Å²) in [5, 5.41) is 14.0. The third-order valence-corrected chi connectivity index (χ3v) is 4.00. The number of hydrogen-bond acceptors (Lipinski definition) is 5. The highest BCUT2D eigenvalue weighted by molar-refractivity contribution is 5.48. The van der Waals surface area contributed by atoms with E-state index in [2.05, 4.69) is 32.0 Å². The number of benzene rings is 1. The van der Waals surface area contributed by atoms with Crippen LogP contribution >= 0.6 is 0 Å². The Morgan fingerprint density at radius 2 is 2.00 bits per heavy atom. The van der Waals surface area contributed by atoms with Crippen molar-refractivity contribution in [2.45, 2.75) is 26.9 Å². The second-order valence-electron chi connectivity index (χ2n) is 5.89. The first-order valence-electron chi connectivity index (χ1n) is 7.93. The molecule has 3 rings (SSSR count). The molecule has 7 nitrogen and oxygen atoms in total. The maximum absolute atomic E-state index is 10.8. The van der Waals surface area contributed by atoms with E-state index in [0.29, 0.717) is 12.4 Å². The lowest BCUT2D eigenvalue weighted by Crippen LogP contribution is -2.05. The minimum Gasteiger partial charge on any atom is -0.366 e. The van der Waals surface area contributed by atoms with Crippen molar-refractivity contribution in [2.24, 2.45) is 0 Å². The summed E-state index contributed by atoms with van der Waals surface area (Å²) in [5.74, 6) is 1.63. The normalized spacial score (nSPS) is 10.6. The molecule has 0 spiro atoms. The van der Waals surface area contributed by atoms with E-state index in [0.717, 1.165) is 23.5 Å². The van der Waals surface area contributed by atoms with Crippen molar-refractivity contribution in [1.82, 2.24) is 14.5 Å². The summed E-state index contributed by atoms with van der Waals surface area (Å²) in [5.41, 5.74) is 3.06. The number of anilines is 1. The SMILES string of the molecule is Cc1cc([N+](=O)[O-])cnc1NCc1cccc(Cn2ccnc2C)c1. The summed E-state index contributed by atoms with van der Waals surface area (Å²) in [7, 11) is 0. The van der Waals surface area contributed by atoms with Gasteiger partial charge in [0, 0.05) is 31.5 Å². The van der Waals surface area contributed by atoms with Crippen molar-refractivity contribution in [3.05, 3.63) is 81.6 Å². The van der Waals surface area contributed by atoms with Gasteiger partial charge < -0.3 is 9.88 Å². The van der Waals surface area contributed by atoms with Crippen LogP contribution in [0.15, 0.2) is 48.9 Å². The first-order valence-corrected chi connectivity index (χ1v) is 7.93. The van der Waals surface area contributed by atoms with Gasteiger partial charge in [-0.1, -0.05) is 24.3 Å². The highest BCUT2D eigenvalue weighted by Crippen LogP contribution is 2.19. The topological polar surface area (TPSA) is 85.9 Å². The van der Waals surface area contributed by atoms with Gasteiger partial charge in [0.2, 0.25) is 0 Å². The summed E-state index contributed by atoms with van der Waals surface area (Å²) < 4.78 is 2.09. The minimum absolute atomic E-state index is 0.000694. The molecular weight excluding hydrogens is 318 g/mol. The molecule has 0 amide bonds. The second kappa shape index (κ2) is 7.12. The van der Waals surface area contributed by atoms with Crippen LogP contribution < -0.4 is 5.32 Å². The van der Waals surface area contributed by atoms with Crippen LogP contribution in [0.2, 0.25) is 0 Å². The highest BCUT2D eigenvalue weighted by Gasteiger charge is 2.09. The number of nitro groups is 1. The smallest absolute Gasteiger partial charge is 0.287 e. The number of pyridine rings is 1. The third kappa shape index (κ3) is 4.00. The van der Waals surface area contributed by atoms with Crippen molar-refractivity contribution < 1.29 is 4.92 Å². The van der Waals surface area contributed by atoms with E-state index in [1.165, 1.54) is 17.8 Å². The summed E-state index contributed by atoms with van der Waals surface area (Å²) in [6.07, 6.45) is 5.03. The molecule has 0 unspecified atom stereocenters. The number of nitrogens with zero attached hydrogens (tertiary/aromatic N) is 4. The molecule has 0 aliphatic heterocycles. The largest absolute Gasteiger partial charge is 0.366 e. The number of hydrogen-bond donors (Lipinski definition) is 1. The van der Waals surface area contributed by atoms with Crippen molar-refractivity contribution in [2.75, 3.05) is 5.32 Å². The lowest BCUT2D eigenvalue weighted by molar-refractivity contribution is -0.385. The Labute approximate surface area is 145 Å². The van der Waals surface area contributed by atoms with E-state index in [1.807, 2.05) is 25.3 Å². The molecule has 0 saturated carbocycles. The summed E-state index contributed by atoms with van der Waals surface area (Å²) in [6.45, 7) is 5.16. The van der Waals surface area contributed by atoms with Gasteiger partial charge in [-0.15, -0.1) is 0 Å². The van der Waals surface area contributed by atoms with E-state index in [9.17, 15) is 10.1 Å². The van der Waals surface area contributed by atoms with Crippen LogP contribution in [0.1, 0.15) is 22.5 Å². The molecule has 0 saturated heterocycles. The minimum atomic E-state index is -0.439. The fraction of sp³-hybridized carbons (Fsp3) is 0.222. The Hall–Kier alpha value is -3.22. The van der Waals surface area contributed by atoms with Crippen LogP contribution in [0.25, 0.3) is 0 Å². The first-order chi connectivity index (χ1) is 12.0. The van der Waals surface area contributed by atoms with Crippen LogP contribution in [0.5, 0.6) is 0 Å². The summed E-state index contributed by atoms with van der Waals surface area (Å²) in [4.78, 5) is 18.7. The van der Waals surface area contributed by atoms with Crippen LogP contribution in [-0.4, -0.2) is 19.5 Å². The fourth-order valence-corrected chi connectivity index (χ4v) is 2.64. The maximum Gasteiger partial charge on any atom is 0.287 e. The molecule has 7 heteroatoms. The first kappa shape index (κ1) is 16.6. The van der Waals surface area contributed by atoms with Crippen molar-refractivity contribution in [1.29, 1.82) is 0 Å². The average Bonchev–Trinajstić information content (AvgIpc) is 2.99. The lowest BCUT2D eigenvalue weighted by atomic mass is 10.1. The molecule has 2 heterocycles. The molecule has 0 radical (unpaired) electrons. The molecule has 128 valence electrons. The van der Waals surface area contributed by atoms with Crippen LogP contribution in [0.4, 0.5) is 11.5 Å². The zero-order chi connectivity index (χ0) is 17.8. The number of aromatic nitrogens is 3. The van der Waals surface area contributed by atoms with E-state index in [-0.39, 0.29) is 5.69 Å². The van der Waals surface area contributed by atoms with Crippen LogP contribution in [-0.2, 0) is 13.1 Å². The second-order valence-corrected chi connectivity index (χ2v) is 5.89. The van der Waals surface area contributed by atoms with E-state index < -0.39 is 4.92 Å². The number of aryl methyl sites for hydroxylation is 2. The van der Waals surface area contributed by atoms with Crippen LogP contribution in [0, 0.1) is 24.0 Å². The Balaban J connectivity index is 1.68. The molecule has 1 aromatic carbocycles. The van der Waals surface area contributed by atoms with E-state index in [1.54, 1.807) is 13.1 Å². The maximum atomic E-state index is 10.8. The molecule has 2 aromatic heterocycles. The molecule has 0 fully saturated rings. The van der Waals surface area contributed by atoms with Crippen molar-refractivity contribution in [3.8, 4) is 0 Å². The van der Waals surface area contributed by atoms with Crippen LogP contribution in [0.3, 0.4) is 0 Å². The van der Waals surface area contributed by atoms with E-state index in [4.69, 9.17) is 0 Å². The molecule has 0 bridgehead atoms. The highest BCUT2D eigenvalue weighted by atomic mass is 16.6. The number of nitrogens with one attached hydrogen (secondary N) is 1. The van der Waals surface area contributed by atoms with Gasteiger partial charge in [0.15, 0.2) is 0 Å². The molecule has 0 aliphatic carbocycles. The predicted molar refractivity (Wildman–Crippen MR) is 95.5 cm³/mol. The fourth-order valence-electron chi connectivity index (χ4n) is 2.64. The third-order valence-electron chi connectivity index (χ3n) is 4.00. The molecule has 0 aliphatic rings. The predicted octanol–water partition coefficient (Wildman–Crippen LogP) is 3.46. The van der Waals surface area contributed by atoms with Gasteiger partial charge in [-0.2, -0.15) is 0 Å². The number of imidazole rings is 1. The summed E-state index contributed by atoms with van der Waals surface area (Å²) >= 11 is 0. The number of rotatable bonds is 6. The van der Waals surface area contributed by atoms with Gasteiger partial charge in [-0.05, 0) is 30.5 Å².